The Bertz CT molecular complexity index is 520. The number of esters is 1. The number of nitrogens with two attached hydrogens (primary N) is 1. The number of likely N-dealkylation sites (tertiary alicyclic amines) is 1. The Labute approximate surface area is 175 Å². The third-order valence-electron chi connectivity index (χ3n) is 7.92. The van der Waals surface area contributed by atoms with Gasteiger partial charge in [-0.25, -0.2) is 4.90 Å². The number of halogens is 1. The fourth-order valence-electron chi connectivity index (χ4n) is 6.24. The smallest absolute Gasteiger partial charge is 0.323 e. The molecule has 2 aliphatic heterocycles. The van der Waals surface area contributed by atoms with Crippen LogP contribution in [-0.2, 0) is 9.53 Å². The number of rotatable bonds is 5. The minimum absolute atomic E-state index is 0.0263. The first-order chi connectivity index (χ1) is 13.6. The highest BCUT2D eigenvalue weighted by molar-refractivity contribution is 6.20. The first-order valence-corrected chi connectivity index (χ1v) is 12.1. The minimum Gasteiger partial charge on any atom is -0.468 e. The summed E-state index contributed by atoms with van der Waals surface area (Å²) >= 11 is 6.31. The SMILES string of the molecule is COC(=O)C1CC2[NH2+]CN(CC3CCC(Cl)CC3)C2CN1CC1CCCCC1. The third-order valence-corrected chi connectivity index (χ3v) is 8.36. The molecule has 0 aromatic carbocycles. The zero-order valence-corrected chi connectivity index (χ0v) is 18.3. The highest BCUT2D eigenvalue weighted by atomic mass is 35.5. The van der Waals surface area contributed by atoms with Crippen LogP contribution in [-0.4, -0.2) is 72.7 Å². The van der Waals surface area contributed by atoms with Crippen LogP contribution < -0.4 is 5.32 Å². The maximum atomic E-state index is 12.5. The van der Waals surface area contributed by atoms with E-state index < -0.39 is 0 Å². The maximum absolute atomic E-state index is 12.5. The molecular formula is C22H39ClN3O2+. The standard InChI is InChI=1S/C22H38ClN3O2/c1-28-22(27)20-11-19-21(14-25(20)12-16-5-3-2-4-6-16)26(15-24-19)13-17-7-9-18(23)10-8-17/h16-21,24H,2-15H2,1H3/p+1. The van der Waals surface area contributed by atoms with E-state index >= 15 is 0 Å². The number of quaternary nitrogens is 1. The van der Waals surface area contributed by atoms with Gasteiger partial charge in [0.15, 0.2) is 0 Å². The molecule has 4 fully saturated rings. The largest absolute Gasteiger partial charge is 0.468 e. The quantitative estimate of drug-likeness (QED) is 0.555. The number of fused-ring (bicyclic) bond motifs is 1. The Balaban J connectivity index is 1.39. The van der Waals surface area contributed by atoms with Crippen molar-refractivity contribution in [3.05, 3.63) is 0 Å². The van der Waals surface area contributed by atoms with Crippen LogP contribution in [0.2, 0.25) is 0 Å². The van der Waals surface area contributed by atoms with E-state index in [4.69, 9.17) is 16.3 Å². The van der Waals surface area contributed by atoms with Gasteiger partial charge < -0.3 is 10.1 Å². The molecule has 6 heteroatoms. The normalized spacial score (nSPS) is 38.3. The lowest BCUT2D eigenvalue weighted by atomic mass is 9.86. The second kappa shape index (κ2) is 9.63. The van der Waals surface area contributed by atoms with E-state index in [0.717, 1.165) is 38.0 Å². The topological polar surface area (TPSA) is 49.4 Å². The lowest BCUT2D eigenvalue weighted by molar-refractivity contribution is -0.678. The summed E-state index contributed by atoms with van der Waals surface area (Å²) in [4.78, 5) is 17.7. The molecule has 2 N–H and O–H groups in total. The van der Waals surface area contributed by atoms with E-state index in [9.17, 15) is 4.79 Å². The van der Waals surface area contributed by atoms with E-state index in [1.54, 1.807) is 7.11 Å². The number of hydrogen-bond acceptors (Lipinski definition) is 4. The third kappa shape index (κ3) is 4.85. The summed E-state index contributed by atoms with van der Waals surface area (Å²) in [6.45, 7) is 4.40. The molecule has 2 heterocycles. The summed E-state index contributed by atoms with van der Waals surface area (Å²) in [5.41, 5.74) is 0. The summed E-state index contributed by atoms with van der Waals surface area (Å²) in [7, 11) is 1.55. The molecule has 0 spiro atoms. The fraction of sp³-hybridized carbons (Fsp3) is 0.955. The molecule has 3 unspecified atom stereocenters. The Hall–Kier alpha value is -0.360. The number of ether oxygens (including phenoxy) is 1. The Morgan fingerprint density at radius 3 is 2.39 bits per heavy atom. The number of carbonyl (C=O) groups is 1. The maximum Gasteiger partial charge on any atom is 0.323 e. The van der Waals surface area contributed by atoms with Crippen molar-refractivity contribution in [3.8, 4) is 0 Å². The molecule has 0 bridgehead atoms. The van der Waals surface area contributed by atoms with Crippen LogP contribution in [0.1, 0.15) is 64.2 Å². The van der Waals surface area contributed by atoms with Crippen molar-refractivity contribution in [1.29, 1.82) is 0 Å². The van der Waals surface area contributed by atoms with E-state index in [0.29, 0.717) is 17.5 Å². The Morgan fingerprint density at radius 1 is 1.00 bits per heavy atom. The van der Waals surface area contributed by atoms with Crippen LogP contribution in [0.3, 0.4) is 0 Å². The van der Waals surface area contributed by atoms with Crippen LogP contribution >= 0.6 is 11.6 Å². The van der Waals surface area contributed by atoms with Gasteiger partial charge in [0, 0.05) is 31.4 Å². The van der Waals surface area contributed by atoms with Crippen LogP contribution in [0, 0.1) is 11.8 Å². The number of carbonyl (C=O) groups excluding carboxylic acids is 1. The molecule has 0 aromatic rings. The molecule has 4 rings (SSSR count). The van der Waals surface area contributed by atoms with Crippen LogP contribution in [0.4, 0.5) is 0 Å². The van der Waals surface area contributed by atoms with Gasteiger partial charge in [-0.15, -0.1) is 11.6 Å². The predicted octanol–water partition coefficient (Wildman–Crippen LogP) is 2.19. The molecule has 3 atom stereocenters. The summed E-state index contributed by atoms with van der Waals surface area (Å²) in [5, 5.41) is 2.88. The molecule has 4 aliphatic rings. The summed E-state index contributed by atoms with van der Waals surface area (Å²) < 4.78 is 5.20. The van der Waals surface area contributed by atoms with Crippen LogP contribution in [0.15, 0.2) is 0 Å². The molecule has 0 radical (unpaired) electrons. The average molecular weight is 413 g/mol. The summed E-state index contributed by atoms with van der Waals surface area (Å²) in [6, 6.07) is 1.07. The minimum atomic E-state index is -0.0453. The van der Waals surface area contributed by atoms with E-state index in [2.05, 4.69) is 15.1 Å². The van der Waals surface area contributed by atoms with Crippen molar-refractivity contribution in [2.24, 2.45) is 11.8 Å². The predicted molar refractivity (Wildman–Crippen MR) is 111 cm³/mol. The highest BCUT2D eigenvalue weighted by Crippen LogP contribution is 2.32. The molecule has 2 aliphatic carbocycles. The molecule has 5 nitrogen and oxygen atoms in total. The van der Waals surface area contributed by atoms with E-state index in [-0.39, 0.29) is 12.0 Å². The Morgan fingerprint density at radius 2 is 1.68 bits per heavy atom. The van der Waals surface area contributed by atoms with Gasteiger partial charge in [0.25, 0.3) is 0 Å². The van der Waals surface area contributed by atoms with Crippen LogP contribution in [0.25, 0.3) is 0 Å². The van der Waals surface area contributed by atoms with Gasteiger partial charge >= 0.3 is 5.97 Å². The van der Waals surface area contributed by atoms with E-state index in [1.807, 2.05) is 0 Å². The zero-order valence-electron chi connectivity index (χ0n) is 17.5. The van der Waals surface area contributed by atoms with Crippen molar-refractivity contribution in [1.82, 2.24) is 9.80 Å². The number of hydrogen-bond donors (Lipinski definition) is 1. The lowest BCUT2D eigenvalue weighted by Crippen LogP contribution is -2.89. The van der Waals surface area contributed by atoms with Crippen LogP contribution in [0.5, 0.6) is 0 Å². The Kier molecular flexibility index (Phi) is 7.19. The molecular weight excluding hydrogens is 374 g/mol. The van der Waals surface area contributed by atoms with Gasteiger partial charge in [0.05, 0.1) is 13.2 Å². The molecule has 0 aromatic heterocycles. The first kappa shape index (κ1) is 20.9. The molecule has 160 valence electrons. The van der Waals surface area contributed by atoms with Gasteiger partial charge in [-0.3, -0.25) is 9.69 Å². The summed E-state index contributed by atoms with van der Waals surface area (Å²) in [5.74, 6) is 1.53. The number of methoxy groups -OCH3 is 1. The number of piperidine rings is 1. The van der Waals surface area contributed by atoms with Gasteiger partial charge in [-0.2, -0.15) is 0 Å². The number of alkyl halides is 1. The van der Waals surface area contributed by atoms with Crippen molar-refractivity contribution < 1.29 is 14.8 Å². The second-order valence-corrected chi connectivity index (χ2v) is 10.4. The van der Waals surface area contributed by atoms with E-state index in [1.165, 1.54) is 64.3 Å². The number of nitrogens with zero attached hydrogens (tertiary/aromatic N) is 2. The molecule has 2 saturated carbocycles. The first-order valence-electron chi connectivity index (χ1n) is 11.7. The molecule has 0 amide bonds. The summed E-state index contributed by atoms with van der Waals surface area (Å²) in [6.07, 6.45) is 12.6. The molecule has 28 heavy (non-hydrogen) atoms. The zero-order chi connectivity index (χ0) is 19.5. The van der Waals surface area contributed by atoms with Crippen molar-refractivity contribution in [2.45, 2.75) is 87.7 Å². The van der Waals surface area contributed by atoms with Crippen molar-refractivity contribution in [3.63, 3.8) is 0 Å². The molecule has 2 saturated heterocycles. The fourth-order valence-corrected chi connectivity index (χ4v) is 6.49. The van der Waals surface area contributed by atoms with Crippen molar-refractivity contribution in [2.75, 3.05) is 33.4 Å². The van der Waals surface area contributed by atoms with Gasteiger partial charge in [-0.1, -0.05) is 19.3 Å². The van der Waals surface area contributed by atoms with Gasteiger partial charge in [0.1, 0.15) is 18.8 Å². The van der Waals surface area contributed by atoms with Gasteiger partial charge in [-0.05, 0) is 50.4 Å². The van der Waals surface area contributed by atoms with Gasteiger partial charge in [0.2, 0.25) is 0 Å². The lowest BCUT2D eigenvalue weighted by Gasteiger charge is -2.42. The second-order valence-electron chi connectivity index (χ2n) is 9.77. The highest BCUT2D eigenvalue weighted by Gasteiger charge is 2.48. The average Bonchev–Trinajstić information content (AvgIpc) is 3.11. The monoisotopic (exact) mass is 412 g/mol. The van der Waals surface area contributed by atoms with Crippen molar-refractivity contribution >= 4 is 17.6 Å².